The number of halogens is 2. The van der Waals surface area contributed by atoms with Crippen molar-refractivity contribution in [2.75, 3.05) is 0 Å². The quantitative estimate of drug-likeness (QED) is 0.316. The molecule has 0 radical (unpaired) electrons. The van der Waals surface area contributed by atoms with Gasteiger partial charge < -0.3 is 4.98 Å². The fourth-order valence-corrected chi connectivity index (χ4v) is 3.89. The van der Waals surface area contributed by atoms with E-state index < -0.39 is 0 Å². The fourth-order valence-electron chi connectivity index (χ4n) is 3.63. The monoisotopic (exact) mass is 387 g/mol. The van der Waals surface area contributed by atoms with E-state index in [0.717, 1.165) is 37.8 Å². The second kappa shape index (κ2) is 6.45. The predicted molar refractivity (Wildman–Crippen MR) is 117 cm³/mol. The Balaban J connectivity index is 1.85. The van der Waals surface area contributed by atoms with Crippen molar-refractivity contribution in [3.8, 4) is 22.3 Å². The van der Waals surface area contributed by atoms with Gasteiger partial charge in [0.15, 0.2) is 0 Å². The molecule has 0 fully saturated rings. The minimum atomic E-state index is 0.735. The first kappa shape index (κ1) is 16.4. The first-order chi connectivity index (χ1) is 13.2. The molecule has 5 aromatic rings. The number of aromatic amines is 1. The molecule has 0 unspecified atom stereocenters. The van der Waals surface area contributed by atoms with Gasteiger partial charge in [0.2, 0.25) is 0 Å². The Morgan fingerprint density at radius 1 is 0.519 bits per heavy atom. The van der Waals surface area contributed by atoms with Crippen molar-refractivity contribution in [2.24, 2.45) is 0 Å². The third-order valence-electron chi connectivity index (χ3n) is 4.95. The van der Waals surface area contributed by atoms with Gasteiger partial charge in [-0.3, -0.25) is 0 Å². The minimum absolute atomic E-state index is 0.735. The molecule has 0 aliphatic carbocycles. The van der Waals surface area contributed by atoms with Gasteiger partial charge in [-0.1, -0.05) is 65.7 Å². The molecule has 3 heteroatoms. The number of para-hydroxylation sites is 1. The number of nitrogens with one attached hydrogen (secondary N) is 1. The summed E-state index contributed by atoms with van der Waals surface area (Å²) in [5.41, 5.74) is 6.86. The molecule has 1 N–H and O–H groups in total. The number of benzene rings is 4. The number of hydrogen-bond acceptors (Lipinski definition) is 0. The number of fused-ring (bicyclic) bond motifs is 3. The van der Waals surface area contributed by atoms with Gasteiger partial charge in [0.1, 0.15) is 0 Å². The van der Waals surface area contributed by atoms with Crippen molar-refractivity contribution >= 4 is 45.0 Å². The minimum Gasteiger partial charge on any atom is -0.354 e. The van der Waals surface area contributed by atoms with Crippen LogP contribution in [0.5, 0.6) is 0 Å². The van der Waals surface area contributed by atoms with Gasteiger partial charge in [0.25, 0.3) is 0 Å². The lowest BCUT2D eigenvalue weighted by Crippen LogP contribution is -1.86. The van der Waals surface area contributed by atoms with Crippen LogP contribution in [0.1, 0.15) is 0 Å². The molecular formula is C24H15Cl2N. The van der Waals surface area contributed by atoms with E-state index in [4.69, 9.17) is 23.2 Å². The van der Waals surface area contributed by atoms with Crippen LogP contribution in [0, 0.1) is 0 Å². The van der Waals surface area contributed by atoms with Gasteiger partial charge in [-0.25, -0.2) is 0 Å². The number of aromatic nitrogens is 1. The Labute approximate surface area is 167 Å². The average molecular weight is 388 g/mol. The van der Waals surface area contributed by atoms with Crippen molar-refractivity contribution in [2.45, 2.75) is 0 Å². The van der Waals surface area contributed by atoms with Gasteiger partial charge in [0.05, 0.1) is 0 Å². The lowest BCUT2D eigenvalue weighted by Gasteiger charge is -2.12. The summed E-state index contributed by atoms with van der Waals surface area (Å²) < 4.78 is 0. The van der Waals surface area contributed by atoms with Crippen LogP contribution >= 0.6 is 23.2 Å². The van der Waals surface area contributed by atoms with E-state index in [0.29, 0.717) is 0 Å². The maximum atomic E-state index is 6.11. The predicted octanol–water partition coefficient (Wildman–Crippen LogP) is 7.96. The molecule has 0 bridgehead atoms. The largest absolute Gasteiger partial charge is 0.354 e. The van der Waals surface area contributed by atoms with E-state index in [1.807, 2.05) is 24.3 Å². The number of hydrogen-bond donors (Lipinski definition) is 1. The molecule has 1 aromatic heterocycles. The summed E-state index contributed by atoms with van der Waals surface area (Å²) in [6.07, 6.45) is 0. The zero-order chi connectivity index (χ0) is 18.4. The Bertz CT molecular complexity index is 1270. The molecule has 1 nitrogen and oxygen atoms in total. The van der Waals surface area contributed by atoms with Gasteiger partial charge in [0, 0.05) is 31.9 Å². The third kappa shape index (κ3) is 2.90. The molecule has 5 rings (SSSR count). The zero-order valence-electron chi connectivity index (χ0n) is 14.3. The maximum Gasteiger partial charge on any atom is 0.0471 e. The van der Waals surface area contributed by atoms with Crippen LogP contribution in [0.2, 0.25) is 10.0 Å². The standard InChI is InChI=1S/C24H15Cl2N/c25-17-9-5-15(6-10-17)20-13-22-19-3-1-2-4-23(19)27-24(22)14-21(20)16-7-11-18(26)12-8-16/h1-14,27H. The molecule has 0 aliphatic heterocycles. The van der Waals surface area contributed by atoms with Crippen LogP contribution in [0.15, 0.2) is 84.9 Å². The molecular weight excluding hydrogens is 373 g/mol. The summed E-state index contributed by atoms with van der Waals surface area (Å²) in [4.78, 5) is 3.54. The van der Waals surface area contributed by atoms with Gasteiger partial charge in [-0.05, 0) is 64.7 Å². The Morgan fingerprint density at radius 3 is 1.70 bits per heavy atom. The smallest absolute Gasteiger partial charge is 0.0471 e. The van der Waals surface area contributed by atoms with Crippen molar-refractivity contribution in [3.05, 3.63) is 95.0 Å². The van der Waals surface area contributed by atoms with E-state index >= 15 is 0 Å². The average Bonchev–Trinajstić information content (AvgIpc) is 3.06. The van der Waals surface area contributed by atoms with Gasteiger partial charge in [-0.2, -0.15) is 0 Å². The molecule has 0 saturated carbocycles. The molecule has 0 spiro atoms. The first-order valence-corrected chi connectivity index (χ1v) is 9.51. The van der Waals surface area contributed by atoms with Crippen LogP contribution < -0.4 is 0 Å². The molecule has 0 aliphatic rings. The number of rotatable bonds is 2. The highest BCUT2D eigenvalue weighted by atomic mass is 35.5. The summed E-state index contributed by atoms with van der Waals surface area (Å²) in [6, 6.07) is 28.9. The third-order valence-corrected chi connectivity index (χ3v) is 5.46. The molecule has 4 aromatic carbocycles. The highest BCUT2D eigenvalue weighted by molar-refractivity contribution is 6.31. The molecule has 1 heterocycles. The van der Waals surface area contributed by atoms with E-state index in [9.17, 15) is 0 Å². The van der Waals surface area contributed by atoms with Crippen molar-refractivity contribution < 1.29 is 0 Å². The van der Waals surface area contributed by atoms with Crippen LogP contribution in [-0.2, 0) is 0 Å². The first-order valence-electron chi connectivity index (χ1n) is 8.75. The van der Waals surface area contributed by atoms with E-state index in [2.05, 4.69) is 65.6 Å². The zero-order valence-corrected chi connectivity index (χ0v) is 15.9. The normalized spacial score (nSPS) is 11.3. The lowest BCUT2D eigenvalue weighted by molar-refractivity contribution is 1.53. The highest BCUT2D eigenvalue weighted by Gasteiger charge is 2.13. The fraction of sp³-hybridized carbons (Fsp3) is 0. The van der Waals surface area contributed by atoms with Gasteiger partial charge in [-0.15, -0.1) is 0 Å². The summed E-state index contributed by atoms with van der Waals surface area (Å²) in [6.45, 7) is 0. The number of H-pyrrole nitrogens is 1. The molecule has 0 atom stereocenters. The van der Waals surface area contributed by atoms with Crippen molar-refractivity contribution in [3.63, 3.8) is 0 Å². The Hall–Kier alpha value is -2.74. The maximum absolute atomic E-state index is 6.11. The van der Waals surface area contributed by atoms with Crippen LogP contribution in [0.4, 0.5) is 0 Å². The molecule has 0 saturated heterocycles. The van der Waals surface area contributed by atoms with E-state index in [-0.39, 0.29) is 0 Å². The highest BCUT2D eigenvalue weighted by Crippen LogP contribution is 2.38. The van der Waals surface area contributed by atoms with Crippen LogP contribution in [0.3, 0.4) is 0 Å². The van der Waals surface area contributed by atoms with Crippen LogP contribution in [-0.4, -0.2) is 4.98 Å². The summed E-state index contributed by atoms with van der Waals surface area (Å²) >= 11 is 12.2. The van der Waals surface area contributed by atoms with E-state index in [1.165, 1.54) is 16.3 Å². The summed E-state index contributed by atoms with van der Waals surface area (Å²) in [7, 11) is 0. The van der Waals surface area contributed by atoms with Crippen LogP contribution in [0.25, 0.3) is 44.1 Å². The Kier molecular flexibility index (Phi) is 3.93. The second-order valence-corrected chi connectivity index (χ2v) is 7.50. The van der Waals surface area contributed by atoms with Crippen molar-refractivity contribution in [1.29, 1.82) is 0 Å². The summed E-state index contributed by atoms with van der Waals surface area (Å²) in [5, 5.41) is 3.91. The van der Waals surface area contributed by atoms with Crippen molar-refractivity contribution in [1.82, 2.24) is 4.98 Å². The molecule has 130 valence electrons. The van der Waals surface area contributed by atoms with Gasteiger partial charge >= 0.3 is 0 Å². The molecule has 0 amide bonds. The topological polar surface area (TPSA) is 15.8 Å². The Morgan fingerprint density at radius 2 is 1.07 bits per heavy atom. The SMILES string of the molecule is Clc1ccc(-c2cc3[nH]c4ccccc4c3cc2-c2ccc(Cl)cc2)cc1. The van der Waals surface area contributed by atoms with E-state index in [1.54, 1.807) is 0 Å². The summed E-state index contributed by atoms with van der Waals surface area (Å²) in [5.74, 6) is 0. The lowest BCUT2D eigenvalue weighted by atomic mass is 9.92. The second-order valence-electron chi connectivity index (χ2n) is 6.63. The molecule has 27 heavy (non-hydrogen) atoms.